The summed E-state index contributed by atoms with van der Waals surface area (Å²) in [6, 6.07) is 0. The molecule has 2 nitrogen and oxygen atoms in total. The maximum atomic E-state index is 2.18. The molecule has 0 bridgehead atoms. The third-order valence-corrected chi connectivity index (χ3v) is 0.671. The summed E-state index contributed by atoms with van der Waals surface area (Å²) < 4.78 is 0. The van der Waals surface area contributed by atoms with E-state index >= 15 is 0 Å². The first-order valence-corrected chi connectivity index (χ1v) is 2.42. The Hall–Kier alpha value is -0.0800. The predicted octanol–water partition coefficient (Wildman–Crippen LogP) is 1.12. The van der Waals surface area contributed by atoms with Gasteiger partial charge in [-0.05, 0) is 27.1 Å². The minimum atomic E-state index is 0. The summed E-state index contributed by atoms with van der Waals surface area (Å²) in [5, 5.41) is 0. The fraction of sp³-hybridized carbons (Fsp3) is 1.00. The van der Waals surface area contributed by atoms with Crippen molar-refractivity contribution in [3.05, 3.63) is 0 Å². The Bertz CT molecular complexity index is 27.3. The van der Waals surface area contributed by atoms with Crippen LogP contribution in [0.5, 0.6) is 0 Å². The normalized spacial score (nSPS) is 8.57. The summed E-state index contributed by atoms with van der Waals surface area (Å²) in [6.45, 7) is 3.39. The highest BCUT2D eigenvalue weighted by Crippen LogP contribution is 1.76. The zero-order valence-electron chi connectivity index (χ0n) is 5.57. The molecule has 46 valence electrons. The van der Waals surface area contributed by atoms with E-state index in [2.05, 4.69) is 25.9 Å². The van der Waals surface area contributed by atoms with Gasteiger partial charge in [0.15, 0.2) is 0 Å². The third-order valence-electron chi connectivity index (χ3n) is 0.671. The van der Waals surface area contributed by atoms with Crippen LogP contribution in [0, 0.1) is 0 Å². The van der Waals surface area contributed by atoms with E-state index in [9.17, 15) is 0 Å². The Morgan fingerprint density at radius 2 is 1.71 bits per heavy atom. The highest BCUT2D eigenvalue weighted by atomic mass is 15.0. The van der Waals surface area contributed by atoms with Crippen LogP contribution in [0.3, 0.4) is 0 Å². The molecule has 0 rings (SSSR count). The fourth-order valence-electron chi connectivity index (χ4n) is 0.447. The maximum Gasteiger partial charge on any atom is -0.00275 e. The Morgan fingerprint density at radius 3 is 1.71 bits per heavy atom. The van der Waals surface area contributed by atoms with Gasteiger partial charge in [0.05, 0.1) is 0 Å². The van der Waals surface area contributed by atoms with Crippen molar-refractivity contribution in [2.24, 2.45) is 0 Å². The van der Waals surface area contributed by atoms with Crippen molar-refractivity contribution in [3.63, 3.8) is 0 Å². The largest absolute Gasteiger partial charge is 0.344 e. The molecule has 0 spiro atoms. The van der Waals surface area contributed by atoms with Gasteiger partial charge in [-0.1, -0.05) is 6.92 Å². The van der Waals surface area contributed by atoms with E-state index in [1.807, 2.05) is 0 Å². The third kappa shape index (κ3) is 10.7. The molecule has 0 radical (unpaired) electrons. The first-order chi connectivity index (χ1) is 2.77. The van der Waals surface area contributed by atoms with Gasteiger partial charge in [-0.15, -0.1) is 0 Å². The predicted molar refractivity (Wildman–Crippen MR) is 33.9 cm³/mol. The molecule has 0 aromatic rings. The molecule has 0 heterocycles. The van der Waals surface area contributed by atoms with Gasteiger partial charge in [-0.3, -0.25) is 0 Å². The standard InChI is InChI=1S/C5H13N.H3N/c1-4-5-6(2)3;/h4-5H2,1-3H3;1H3. The van der Waals surface area contributed by atoms with Gasteiger partial charge in [0.1, 0.15) is 0 Å². The molecule has 0 saturated heterocycles. The van der Waals surface area contributed by atoms with Crippen LogP contribution < -0.4 is 6.15 Å². The van der Waals surface area contributed by atoms with Crippen LogP contribution in [0.25, 0.3) is 0 Å². The van der Waals surface area contributed by atoms with Crippen LogP contribution in [0.15, 0.2) is 0 Å². The second-order valence-corrected chi connectivity index (χ2v) is 1.80. The molecule has 0 aromatic heterocycles. The van der Waals surface area contributed by atoms with Gasteiger partial charge in [-0.2, -0.15) is 0 Å². The molecule has 0 amide bonds. The summed E-state index contributed by atoms with van der Waals surface area (Å²) in [7, 11) is 4.17. The van der Waals surface area contributed by atoms with Gasteiger partial charge in [0.25, 0.3) is 0 Å². The average Bonchev–Trinajstić information content (AvgIpc) is 1.35. The smallest absolute Gasteiger partial charge is 0.00275 e. The van der Waals surface area contributed by atoms with Crippen LogP contribution in [-0.4, -0.2) is 25.5 Å². The Kier molecular flexibility index (Phi) is 8.47. The van der Waals surface area contributed by atoms with Crippen LogP contribution in [0.2, 0.25) is 0 Å². The summed E-state index contributed by atoms with van der Waals surface area (Å²) in [5.74, 6) is 0. The van der Waals surface area contributed by atoms with Crippen molar-refractivity contribution in [2.45, 2.75) is 13.3 Å². The van der Waals surface area contributed by atoms with Gasteiger partial charge < -0.3 is 11.1 Å². The first-order valence-electron chi connectivity index (χ1n) is 2.42. The Labute approximate surface area is 46.1 Å². The number of rotatable bonds is 2. The molecule has 0 atom stereocenters. The van der Waals surface area contributed by atoms with Gasteiger partial charge in [0, 0.05) is 0 Å². The van der Waals surface area contributed by atoms with Crippen LogP contribution in [0.1, 0.15) is 13.3 Å². The van der Waals surface area contributed by atoms with Crippen molar-refractivity contribution < 1.29 is 0 Å². The van der Waals surface area contributed by atoms with Crippen molar-refractivity contribution in [1.29, 1.82) is 0 Å². The van der Waals surface area contributed by atoms with E-state index < -0.39 is 0 Å². The molecule has 0 saturated carbocycles. The van der Waals surface area contributed by atoms with E-state index in [4.69, 9.17) is 0 Å². The summed E-state index contributed by atoms with van der Waals surface area (Å²) in [5.41, 5.74) is 0. The molecule has 0 aliphatic rings. The highest BCUT2D eigenvalue weighted by Gasteiger charge is 1.79. The highest BCUT2D eigenvalue weighted by molar-refractivity contribution is 4.34. The molecule has 0 aliphatic heterocycles. The monoisotopic (exact) mass is 104 g/mol. The molecule has 0 unspecified atom stereocenters. The molecule has 0 fully saturated rings. The molecule has 0 aromatic carbocycles. The summed E-state index contributed by atoms with van der Waals surface area (Å²) in [6.07, 6.45) is 1.26. The molecule has 7 heavy (non-hydrogen) atoms. The SMILES string of the molecule is CCCN(C)C.N. The number of hydrogen-bond acceptors (Lipinski definition) is 2. The topological polar surface area (TPSA) is 38.2 Å². The zero-order valence-corrected chi connectivity index (χ0v) is 5.57. The van der Waals surface area contributed by atoms with E-state index in [0.717, 1.165) is 0 Å². The lowest BCUT2D eigenvalue weighted by atomic mass is 10.5. The first kappa shape index (κ1) is 10.0. The molecular formula is C5H16N2. The van der Waals surface area contributed by atoms with Crippen molar-refractivity contribution in [2.75, 3.05) is 20.6 Å². The Balaban J connectivity index is 0. The summed E-state index contributed by atoms with van der Waals surface area (Å²) >= 11 is 0. The van der Waals surface area contributed by atoms with Crippen molar-refractivity contribution in [3.8, 4) is 0 Å². The molecule has 3 N–H and O–H groups in total. The maximum absolute atomic E-state index is 2.18. The van der Waals surface area contributed by atoms with Crippen molar-refractivity contribution in [1.82, 2.24) is 11.1 Å². The van der Waals surface area contributed by atoms with E-state index in [-0.39, 0.29) is 6.15 Å². The minimum Gasteiger partial charge on any atom is -0.344 e. The Morgan fingerprint density at radius 1 is 1.29 bits per heavy atom. The van der Waals surface area contributed by atoms with Crippen LogP contribution in [0.4, 0.5) is 0 Å². The lowest BCUT2D eigenvalue weighted by Crippen LogP contribution is -2.11. The lowest BCUT2D eigenvalue weighted by molar-refractivity contribution is 0.408. The van der Waals surface area contributed by atoms with Gasteiger partial charge in [-0.25, -0.2) is 0 Å². The summed E-state index contributed by atoms with van der Waals surface area (Å²) in [4.78, 5) is 2.18. The quantitative estimate of drug-likeness (QED) is 0.570. The molecule has 2 heteroatoms. The molecule has 0 aliphatic carbocycles. The number of nitrogens with zero attached hydrogens (tertiary/aromatic N) is 1. The average molecular weight is 104 g/mol. The van der Waals surface area contributed by atoms with Gasteiger partial charge in [0.2, 0.25) is 0 Å². The van der Waals surface area contributed by atoms with Crippen LogP contribution in [-0.2, 0) is 0 Å². The van der Waals surface area contributed by atoms with Crippen molar-refractivity contribution >= 4 is 0 Å². The minimum absolute atomic E-state index is 0. The van der Waals surface area contributed by atoms with Crippen LogP contribution >= 0.6 is 0 Å². The van der Waals surface area contributed by atoms with Gasteiger partial charge >= 0.3 is 0 Å². The van der Waals surface area contributed by atoms with E-state index in [0.29, 0.717) is 0 Å². The van der Waals surface area contributed by atoms with E-state index in [1.54, 1.807) is 0 Å². The lowest BCUT2D eigenvalue weighted by Gasteiger charge is -2.03. The zero-order chi connectivity index (χ0) is 4.99. The number of hydrogen-bond donors (Lipinski definition) is 1. The second-order valence-electron chi connectivity index (χ2n) is 1.80. The second kappa shape index (κ2) is 5.92. The van der Waals surface area contributed by atoms with E-state index in [1.165, 1.54) is 13.0 Å². The molecular weight excluding hydrogens is 88.1 g/mol. The fourth-order valence-corrected chi connectivity index (χ4v) is 0.447.